The summed E-state index contributed by atoms with van der Waals surface area (Å²) in [6, 6.07) is 29.8. The van der Waals surface area contributed by atoms with Crippen LogP contribution in [0.4, 0.5) is 0 Å². The van der Waals surface area contributed by atoms with Gasteiger partial charge in [0.1, 0.15) is 12.1 Å². The third-order valence-corrected chi connectivity index (χ3v) is 8.07. The van der Waals surface area contributed by atoms with E-state index in [2.05, 4.69) is 43.5 Å². The highest BCUT2D eigenvalue weighted by Gasteiger charge is 2.38. The molecule has 1 aliphatic heterocycles. The molecule has 6 nitrogen and oxygen atoms in total. The molecule has 216 valence electrons. The first kappa shape index (κ1) is 29.1. The molecule has 0 aromatic heterocycles. The lowest BCUT2D eigenvalue weighted by Gasteiger charge is -2.29. The van der Waals surface area contributed by atoms with E-state index in [4.69, 9.17) is 0 Å². The van der Waals surface area contributed by atoms with Crippen LogP contribution in [0.2, 0.25) is 0 Å². The van der Waals surface area contributed by atoms with Gasteiger partial charge in [-0.3, -0.25) is 14.4 Å². The fraction of sp³-hybridized carbons (Fsp3) is 0.306. The highest BCUT2D eigenvalue weighted by Crippen LogP contribution is 2.24. The third-order valence-electron chi connectivity index (χ3n) is 8.07. The molecular weight excluding hydrogens is 522 g/mol. The first-order valence-corrected chi connectivity index (χ1v) is 14.7. The number of fused-ring (bicyclic) bond motifs is 1. The molecule has 0 radical (unpaired) electrons. The predicted molar refractivity (Wildman–Crippen MR) is 167 cm³/mol. The van der Waals surface area contributed by atoms with Crippen LogP contribution in [0.25, 0.3) is 10.8 Å². The molecule has 4 aromatic carbocycles. The summed E-state index contributed by atoms with van der Waals surface area (Å²) >= 11 is 0. The maximum atomic E-state index is 14.1. The van der Waals surface area contributed by atoms with Crippen LogP contribution in [0.15, 0.2) is 97.1 Å². The van der Waals surface area contributed by atoms with Crippen LogP contribution in [0.5, 0.6) is 0 Å². The third kappa shape index (κ3) is 6.71. The van der Waals surface area contributed by atoms with Crippen LogP contribution in [-0.2, 0) is 28.0 Å². The second-order valence-corrected chi connectivity index (χ2v) is 12.1. The molecule has 0 aliphatic carbocycles. The van der Waals surface area contributed by atoms with Gasteiger partial charge in [0.2, 0.25) is 11.8 Å². The second kappa shape index (κ2) is 12.6. The predicted octanol–water partition coefficient (Wildman–Crippen LogP) is 5.79. The lowest BCUT2D eigenvalue weighted by atomic mass is 9.87. The van der Waals surface area contributed by atoms with Gasteiger partial charge in [0, 0.05) is 25.1 Å². The van der Waals surface area contributed by atoms with Crippen LogP contribution in [0, 0.1) is 0 Å². The van der Waals surface area contributed by atoms with E-state index in [1.54, 1.807) is 29.2 Å². The van der Waals surface area contributed by atoms with E-state index in [0.717, 1.165) is 28.3 Å². The summed E-state index contributed by atoms with van der Waals surface area (Å²) in [6.07, 6.45) is 1.65. The van der Waals surface area contributed by atoms with Gasteiger partial charge in [-0.05, 0) is 57.9 Å². The van der Waals surface area contributed by atoms with E-state index in [-0.39, 0.29) is 23.1 Å². The number of amides is 3. The molecular formula is C36H39N3O3. The molecule has 1 saturated heterocycles. The largest absolute Gasteiger partial charge is 0.350 e. The molecule has 3 amide bonds. The summed E-state index contributed by atoms with van der Waals surface area (Å²) in [4.78, 5) is 42.4. The Kier molecular flexibility index (Phi) is 8.72. The Balaban J connectivity index is 1.33. The lowest BCUT2D eigenvalue weighted by Crippen LogP contribution is -2.54. The molecule has 0 unspecified atom stereocenters. The Labute approximate surface area is 248 Å². The molecule has 6 heteroatoms. The topological polar surface area (TPSA) is 78.5 Å². The Bertz CT molecular complexity index is 1550. The van der Waals surface area contributed by atoms with Crippen molar-refractivity contribution in [2.24, 2.45) is 0 Å². The molecule has 1 heterocycles. The van der Waals surface area contributed by atoms with Crippen molar-refractivity contribution in [2.75, 3.05) is 6.54 Å². The summed E-state index contributed by atoms with van der Waals surface area (Å²) < 4.78 is 0. The number of carbonyl (C=O) groups excluding carboxylic acids is 3. The van der Waals surface area contributed by atoms with E-state index in [1.165, 1.54) is 5.56 Å². The maximum Gasteiger partial charge on any atom is 0.251 e. The number of rotatable bonds is 8. The van der Waals surface area contributed by atoms with E-state index in [9.17, 15) is 14.4 Å². The number of benzene rings is 4. The molecule has 2 N–H and O–H groups in total. The van der Waals surface area contributed by atoms with Gasteiger partial charge in [-0.2, -0.15) is 0 Å². The number of hydrogen-bond acceptors (Lipinski definition) is 3. The molecule has 42 heavy (non-hydrogen) atoms. The smallest absolute Gasteiger partial charge is 0.251 e. The van der Waals surface area contributed by atoms with Gasteiger partial charge in [-0.1, -0.05) is 106 Å². The molecule has 1 fully saturated rings. The fourth-order valence-corrected chi connectivity index (χ4v) is 5.65. The highest BCUT2D eigenvalue weighted by molar-refractivity contribution is 5.99. The summed E-state index contributed by atoms with van der Waals surface area (Å²) in [5, 5.41) is 8.15. The van der Waals surface area contributed by atoms with E-state index >= 15 is 0 Å². The zero-order valence-electron chi connectivity index (χ0n) is 24.6. The molecule has 0 bridgehead atoms. The SMILES string of the molecule is CC(C)(C)c1ccc(CNC(=O)[C@@H]2CCCN2C(=O)[C@H](Cc2cccc3ccccc23)NC(=O)c2ccccc2)cc1. The van der Waals surface area contributed by atoms with Gasteiger partial charge >= 0.3 is 0 Å². The van der Waals surface area contributed by atoms with Crippen LogP contribution >= 0.6 is 0 Å². The Morgan fingerprint density at radius 1 is 0.857 bits per heavy atom. The Hall–Kier alpha value is -4.45. The van der Waals surface area contributed by atoms with Gasteiger partial charge in [0.05, 0.1) is 0 Å². The van der Waals surface area contributed by atoms with Crippen LogP contribution < -0.4 is 10.6 Å². The van der Waals surface area contributed by atoms with Crippen molar-refractivity contribution < 1.29 is 14.4 Å². The number of likely N-dealkylation sites (tertiary alicyclic amines) is 1. The Morgan fingerprint density at radius 3 is 2.29 bits per heavy atom. The van der Waals surface area contributed by atoms with Crippen molar-refractivity contribution in [3.63, 3.8) is 0 Å². The van der Waals surface area contributed by atoms with E-state index < -0.39 is 12.1 Å². The minimum Gasteiger partial charge on any atom is -0.350 e. The molecule has 1 aliphatic rings. The summed E-state index contributed by atoms with van der Waals surface area (Å²) in [5.74, 6) is -0.716. The minimum absolute atomic E-state index is 0.0605. The first-order valence-electron chi connectivity index (χ1n) is 14.7. The van der Waals surface area contributed by atoms with Crippen molar-refractivity contribution in [2.45, 2.75) is 64.1 Å². The van der Waals surface area contributed by atoms with Crippen molar-refractivity contribution >= 4 is 28.5 Å². The number of hydrogen-bond donors (Lipinski definition) is 2. The van der Waals surface area contributed by atoms with Crippen LogP contribution in [0.3, 0.4) is 0 Å². The molecule has 0 spiro atoms. The standard InChI is InChI=1S/C36H39N3O3/c1-36(2,3)29-20-18-25(19-21-29)24-37-34(41)32-17-10-22-39(32)35(42)31(38-33(40)27-12-5-4-6-13-27)23-28-15-9-14-26-11-7-8-16-30(26)28/h4-9,11-16,18-21,31-32H,10,17,22-24H2,1-3H3,(H,37,41)(H,38,40)/t31-,32-/m0/s1. The lowest BCUT2D eigenvalue weighted by molar-refractivity contribution is -0.139. The molecule has 4 aromatic rings. The van der Waals surface area contributed by atoms with Crippen LogP contribution in [-0.4, -0.2) is 41.2 Å². The van der Waals surface area contributed by atoms with Crippen molar-refractivity contribution in [1.82, 2.24) is 15.5 Å². The van der Waals surface area contributed by atoms with Crippen molar-refractivity contribution in [3.05, 3.63) is 119 Å². The minimum atomic E-state index is -0.818. The summed E-state index contributed by atoms with van der Waals surface area (Å²) in [5.41, 5.74) is 3.77. The molecule has 2 atom stereocenters. The number of nitrogens with zero attached hydrogens (tertiary/aromatic N) is 1. The van der Waals surface area contributed by atoms with Gasteiger partial charge in [-0.25, -0.2) is 0 Å². The average Bonchev–Trinajstić information content (AvgIpc) is 3.50. The monoisotopic (exact) mass is 561 g/mol. The Morgan fingerprint density at radius 2 is 1.55 bits per heavy atom. The fourth-order valence-electron chi connectivity index (χ4n) is 5.65. The van der Waals surface area contributed by atoms with Gasteiger partial charge in [0.25, 0.3) is 5.91 Å². The van der Waals surface area contributed by atoms with Gasteiger partial charge in [-0.15, -0.1) is 0 Å². The van der Waals surface area contributed by atoms with Gasteiger partial charge in [0.15, 0.2) is 0 Å². The highest BCUT2D eigenvalue weighted by atomic mass is 16.2. The van der Waals surface area contributed by atoms with E-state index in [0.29, 0.717) is 31.5 Å². The maximum absolute atomic E-state index is 14.1. The average molecular weight is 562 g/mol. The zero-order valence-corrected chi connectivity index (χ0v) is 24.6. The van der Waals surface area contributed by atoms with Crippen molar-refractivity contribution in [3.8, 4) is 0 Å². The van der Waals surface area contributed by atoms with Gasteiger partial charge < -0.3 is 15.5 Å². The normalized spacial score (nSPS) is 15.8. The summed E-state index contributed by atoms with van der Waals surface area (Å²) in [6.45, 7) is 7.39. The first-order chi connectivity index (χ1) is 20.2. The number of nitrogens with one attached hydrogen (secondary N) is 2. The zero-order chi connectivity index (χ0) is 29.7. The molecule has 5 rings (SSSR count). The molecule has 0 saturated carbocycles. The number of carbonyl (C=O) groups is 3. The van der Waals surface area contributed by atoms with E-state index in [1.807, 2.05) is 60.7 Å². The quantitative estimate of drug-likeness (QED) is 0.286. The van der Waals surface area contributed by atoms with Crippen molar-refractivity contribution in [1.29, 1.82) is 0 Å². The summed E-state index contributed by atoms with van der Waals surface area (Å²) in [7, 11) is 0. The second-order valence-electron chi connectivity index (χ2n) is 12.1. The van der Waals surface area contributed by atoms with Crippen LogP contribution in [0.1, 0.15) is 60.7 Å².